The largest absolute Gasteiger partial charge is 0.317 e. The van der Waals surface area contributed by atoms with E-state index in [-0.39, 0.29) is 5.82 Å². The van der Waals surface area contributed by atoms with Crippen molar-refractivity contribution in [3.63, 3.8) is 0 Å². The van der Waals surface area contributed by atoms with E-state index in [9.17, 15) is 4.39 Å². The molecule has 0 saturated carbocycles. The molecule has 1 aliphatic heterocycles. The van der Waals surface area contributed by atoms with Gasteiger partial charge in [-0.15, -0.1) is 0 Å². The first-order chi connectivity index (χ1) is 15.3. The molecule has 0 radical (unpaired) electrons. The van der Waals surface area contributed by atoms with Crippen molar-refractivity contribution in [1.82, 2.24) is 10.4 Å². The lowest BCUT2D eigenvalue weighted by molar-refractivity contribution is 0.148. The van der Waals surface area contributed by atoms with Gasteiger partial charge in [-0.1, -0.05) is 103 Å². The van der Waals surface area contributed by atoms with E-state index < -0.39 is 5.54 Å². The van der Waals surface area contributed by atoms with Gasteiger partial charge in [0.25, 0.3) is 0 Å². The Labute approximate surface area is 182 Å². The molecule has 0 fully saturated rings. The summed E-state index contributed by atoms with van der Waals surface area (Å²) in [5.41, 5.74) is 8.27. The summed E-state index contributed by atoms with van der Waals surface area (Å²) < 4.78 is 13.9. The van der Waals surface area contributed by atoms with Crippen molar-refractivity contribution >= 4 is 5.70 Å². The van der Waals surface area contributed by atoms with Gasteiger partial charge in [0.2, 0.25) is 0 Å². The molecule has 4 aromatic carbocycles. The first-order valence-electron chi connectivity index (χ1n) is 10.5. The van der Waals surface area contributed by atoms with Crippen molar-refractivity contribution < 1.29 is 4.39 Å². The lowest BCUT2D eigenvalue weighted by Gasteiger charge is -2.43. The van der Waals surface area contributed by atoms with Crippen LogP contribution in [0.3, 0.4) is 0 Å². The Hall–Kier alpha value is -3.69. The number of nitrogens with one attached hydrogen (secondary N) is 1. The summed E-state index contributed by atoms with van der Waals surface area (Å²) in [6, 6.07) is 38.3. The fourth-order valence-corrected chi connectivity index (χ4v) is 4.48. The lowest BCUT2D eigenvalue weighted by atomic mass is 9.76. The third-order valence-electron chi connectivity index (χ3n) is 5.85. The highest BCUT2D eigenvalue weighted by molar-refractivity contribution is 5.66. The average molecular weight is 407 g/mol. The van der Waals surface area contributed by atoms with E-state index in [1.807, 2.05) is 24.3 Å². The molecule has 1 aliphatic rings. The Kier molecular flexibility index (Phi) is 5.11. The third kappa shape index (κ3) is 3.43. The van der Waals surface area contributed by atoms with Crippen LogP contribution >= 0.6 is 0 Å². The van der Waals surface area contributed by atoms with Gasteiger partial charge in [-0.05, 0) is 34.9 Å². The van der Waals surface area contributed by atoms with E-state index in [0.717, 1.165) is 28.0 Å². The fourth-order valence-electron chi connectivity index (χ4n) is 4.48. The first-order valence-corrected chi connectivity index (χ1v) is 10.5. The Morgan fingerprint density at radius 1 is 0.645 bits per heavy atom. The summed E-state index contributed by atoms with van der Waals surface area (Å²) in [5, 5.41) is 2.24. The highest BCUT2D eigenvalue weighted by Crippen LogP contribution is 2.43. The van der Waals surface area contributed by atoms with Gasteiger partial charge in [-0.3, -0.25) is 0 Å². The summed E-state index contributed by atoms with van der Waals surface area (Å²) in [6.07, 6.45) is 2.12. The van der Waals surface area contributed by atoms with Gasteiger partial charge in [-0.25, -0.2) is 9.40 Å². The molecule has 0 aromatic heterocycles. The number of hydrogen-bond donors (Lipinski definition) is 1. The van der Waals surface area contributed by atoms with Gasteiger partial charge in [-0.2, -0.15) is 0 Å². The highest BCUT2D eigenvalue weighted by atomic mass is 19.1. The van der Waals surface area contributed by atoms with Crippen LogP contribution in [0.1, 0.15) is 22.3 Å². The van der Waals surface area contributed by atoms with E-state index in [2.05, 4.69) is 89.3 Å². The number of rotatable bonds is 5. The maximum absolute atomic E-state index is 13.9. The highest BCUT2D eigenvalue weighted by Gasteiger charge is 2.43. The van der Waals surface area contributed by atoms with Crippen LogP contribution in [0.25, 0.3) is 5.70 Å². The third-order valence-corrected chi connectivity index (χ3v) is 5.85. The summed E-state index contributed by atoms with van der Waals surface area (Å²) in [6.45, 7) is 0.671. The minimum Gasteiger partial charge on any atom is -0.317 e. The number of nitrogens with zero attached hydrogens (tertiary/aromatic N) is 1. The summed E-state index contributed by atoms with van der Waals surface area (Å²) in [7, 11) is 0. The van der Waals surface area contributed by atoms with Gasteiger partial charge < -0.3 is 5.43 Å². The van der Waals surface area contributed by atoms with Gasteiger partial charge in [0.15, 0.2) is 0 Å². The molecule has 1 heterocycles. The topological polar surface area (TPSA) is 15.3 Å². The molecule has 0 atom stereocenters. The van der Waals surface area contributed by atoms with E-state index >= 15 is 0 Å². The molecule has 5 rings (SSSR count). The average Bonchev–Trinajstić information content (AvgIpc) is 3.32. The van der Waals surface area contributed by atoms with Gasteiger partial charge >= 0.3 is 0 Å². The molecule has 0 unspecified atom stereocenters. The predicted octanol–water partition coefficient (Wildman–Crippen LogP) is 5.98. The second-order valence-electron chi connectivity index (χ2n) is 7.66. The molecule has 0 saturated heterocycles. The molecular formula is C28H23FN2. The SMILES string of the molecule is Fc1cccc(C2=CCN(C(c3ccccc3)(c3ccccc3)c3ccccc3)N2)c1. The summed E-state index contributed by atoms with van der Waals surface area (Å²) >= 11 is 0. The molecule has 0 bridgehead atoms. The molecule has 1 N–H and O–H groups in total. The molecule has 4 aromatic rings. The maximum atomic E-state index is 13.9. The molecule has 0 aliphatic carbocycles. The van der Waals surface area contributed by atoms with Crippen molar-refractivity contribution in [1.29, 1.82) is 0 Å². The monoisotopic (exact) mass is 406 g/mol. The van der Waals surface area contributed by atoms with Crippen LogP contribution in [-0.4, -0.2) is 11.6 Å². The van der Waals surface area contributed by atoms with Crippen LogP contribution in [-0.2, 0) is 5.54 Å². The van der Waals surface area contributed by atoms with Crippen molar-refractivity contribution in [3.8, 4) is 0 Å². The zero-order chi connectivity index (χ0) is 21.1. The number of benzene rings is 4. The van der Waals surface area contributed by atoms with Crippen LogP contribution in [0.5, 0.6) is 0 Å². The standard InChI is InChI=1S/C28H23FN2/c29-26-18-10-11-22(21-26)27-19-20-31(30-27)28(23-12-4-1-5-13-23,24-14-6-2-7-15-24)25-16-8-3-9-17-25/h1-19,21,30H,20H2. The van der Waals surface area contributed by atoms with Crippen LogP contribution in [0, 0.1) is 5.82 Å². The van der Waals surface area contributed by atoms with Crippen molar-refractivity contribution in [3.05, 3.63) is 149 Å². The second kappa shape index (κ2) is 8.21. The van der Waals surface area contributed by atoms with E-state index in [1.165, 1.54) is 6.07 Å². The Morgan fingerprint density at radius 2 is 1.16 bits per heavy atom. The molecule has 0 spiro atoms. The van der Waals surface area contributed by atoms with Gasteiger partial charge in [0.05, 0.1) is 5.70 Å². The summed E-state index contributed by atoms with van der Waals surface area (Å²) in [4.78, 5) is 0. The Morgan fingerprint density at radius 3 is 1.65 bits per heavy atom. The zero-order valence-corrected chi connectivity index (χ0v) is 17.1. The fraction of sp³-hybridized carbons (Fsp3) is 0.0714. The maximum Gasteiger partial charge on any atom is 0.123 e. The van der Waals surface area contributed by atoms with Crippen molar-refractivity contribution in [2.24, 2.45) is 0 Å². The number of hydrazine groups is 1. The Bertz CT molecular complexity index is 1090. The summed E-state index contributed by atoms with van der Waals surface area (Å²) in [5.74, 6) is -0.237. The van der Waals surface area contributed by atoms with Crippen LogP contribution in [0.15, 0.2) is 121 Å². The second-order valence-corrected chi connectivity index (χ2v) is 7.66. The molecule has 2 nitrogen and oxygen atoms in total. The predicted molar refractivity (Wildman–Crippen MR) is 123 cm³/mol. The van der Waals surface area contributed by atoms with Gasteiger partial charge in [0, 0.05) is 12.1 Å². The molecular weight excluding hydrogens is 383 g/mol. The Balaban J connectivity index is 1.68. The normalized spacial score (nSPS) is 14.2. The van der Waals surface area contributed by atoms with Gasteiger partial charge in [0.1, 0.15) is 11.4 Å². The molecule has 152 valence electrons. The van der Waals surface area contributed by atoms with Crippen molar-refractivity contribution in [2.45, 2.75) is 5.54 Å². The van der Waals surface area contributed by atoms with E-state index in [1.54, 1.807) is 12.1 Å². The lowest BCUT2D eigenvalue weighted by Crippen LogP contribution is -2.52. The van der Waals surface area contributed by atoms with E-state index in [4.69, 9.17) is 0 Å². The first kappa shape index (κ1) is 19.3. The number of halogens is 1. The minimum absolute atomic E-state index is 0.237. The molecule has 31 heavy (non-hydrogen) atoms. The molecule has 0 amide bonds. The number of hydrogen-bond acceptors (Lipinski definition) is 2. The van der Waals surface area contributed by atoms with E-state index in [0.29, 0.717) is 6.54 Å². The zero-order valence-electron chi connectivity index (χ0n) is 17.1. The minimum atomic E-state index is -0.560. The molecule has 3 heteroatoms. The quantitative estimate of drug-likeness (QED) is 0.410. The van der Waals surface area contributed by atoms with Crippen LogP contribution < -0.4 is 5.43 Å². The smallest absolute Gasteiger partial charge is 0.123 e. The van der Waals surface area contributed by atoms with Crippen molar-refractivity contribution in [2.75, 3.05) is 6.54 Å². The van der Waals surface area contributed by atoms with Crippen LogP contribution in [0.4, 0.5) is 4.39 Å². The van der Waals surface area contributed by atoms with Crippen LogP contribution in [0.2, 0.25) is 0 Å².